The van der Waals surface area contributed by atoms with E-state index in [0.717, 1.165) is 0 Å². The van der Waals surface area contributed by atoms with Gasteiger partial charge in [-0.25, -0.2) is 8.91 Å². The topological polar surface area (TPSA) is 56.5 Å². The summed E-state index contributed by atoms with van der Waals surface area (Å²) in [5.74, 6) is -1.10. The predicted molar refractivity (Wildman–Crippen MR) is 69.4 cm³/mol. The molecule has 3 aromatic rings. The molecule has 0 unspecified atom stereocenters. The Balaban J connectivity index is 2.14. The molecule has 2 heterocycles. The lowest BCUT2D eigenvalue weighted by molar-refractivity contribution is 0.103. The highest BCUT2D eigenvalue weighted by Crippen LogP contribution is 2.23. The molecule has 100 valence electrons. The van der Waals surface area contributed by atoms with Gasteiger partial charge in [0.2, 0.25) is 0 Å². The molecule has 6 heteroatoms. The fourth-order valence-electron chi connectivity index (χ4n) is 2.00. The molecule has 0 saturated heterocycles. The summed E-state index contributed by atoms with van der Waals surface area (Å²) in [6.45, 7) is 0. The normalized spacial score (nSPS) is 10.7. The van der Waals surface area contributed by atoms with Gasteiger partial charge in [-0.05, 0) is 12.1 Å². The Hall–Kier alpha value is -2.76. The maximum atomic E-state index is 14.1. The Bertz CT molecular complexity index is 798. The maximum absolute atomic E-state index is 14.1. The number of halogens is 1. The molecule has 5 nitrogen and oxygen atoms in total. The van der Waals surface area contributed by atoms with Crippen LogP contribution in [-0.2, 0) is 0 Å². The second-order valence-electron chi connectivity index (χ2n) is 4.12. The van der Waals surface area contributed by atoms with Crippen LogP contribution in [0.15, 0.2) is 43.0 Å². The van der Waals surface area contributed by atoms with Gasteiger partial charge in [0.25, 0.3) is 0 Å². The van der Waals surface area contributed by atoms with E-state index in [4.69, 9.17) is 4.74 Å². The first-order chi connectivity index (χ1) is 9.72. The predicted octanol–water partition coefficient (Wildman–Crippen LogP) is 2.11. The Morgan fingerprint density at radius 1 is 1.30 bits per heavy atom. The summed E-state index contributed by atoms with van der Waals surface area (Å²) in [5.41, 5.74) is 0.771. The number of hydrogen-bond donors (Lipinski definition) is 0. The zero-order valence-electron chi connectivity index (χ0n) is 10.6. The summed E-state index contributed by atoms with van der Waals surface area (Å²) in [7, 11) is 1.35. The minimum absolute atomic E-state index is 0.0328. The molecule has 0 fully saturated rings. The van der Waals surface area contributed by atoms with Crippen LogP contribution in [0.2, 0.25) is 0 Å². The van der Waals surface area contributed by atoms with Crippen LogP contribution in [0.25, 0.3) is 5.52 Å². The minimum Gasteiger partial charge on any atom is -0.494 e. The third-order valence-electron chi connectivity index (χ3n) is 3.00. The molecule has 20 heavy (non-hydrogen) atoms. The van der Waals surface area contributed by atoms with Crippen LogP contribution in [0.4, 0.5) is 4.39 Å². The second kappa shape index (κ2) is 4.73. The van der Waals surface area contributed by atoms with Crippen molar-refractivity contribution in [1.82, 2.24) is 14.6 Å². The van der Waals surface area contributed by atoms with Crippen LogP contribution in [-0.4, -0.2) is 27.5 Å². The molecular weight excluding hydrogens is 261 g/mol. The summed E-state index contributed by atoms with van der Waals surface area (Å²) in [4.78, 5) is 16.4. The van der Waals surface area contributed by atoms with Crippen molar-refractivity contribution >= 4 is 11.3 Å². The van der Waals surface area contributed by atoms with Gasteiger partial charge >= 0.3 is 0 Å². The Morgan fingerprint density at radius 2 is 2.15 bits per heavy atom. The minimum atomic E-state index is -0.678. The quantitative estimate of drug-likeness (QED) is 0.685. The average molecular weight is 271 g/mol. The van der Waals surface area contributed by atoms with Gasteiger partial charge in [-0.2, -0.15) is 5.10 Å². The van der Waals surface area contributed by atoms with Gasteiger partial charge in [0.05, 0.1) is 36.1 Å². The Kier molecular flexibility index (Phi) is 2.90. The SMILES string of the molecule is COc1cccc(C(=O)c2cnn3ccncc23)c1F. The van der Waals surface area contributed by atoms with Gasteiger partial charge in [0, 0.05) is 12.4 Å². The molecule has 0 aliphatic rings. The van der Waals surface area contributed by atoms with E-state index in [0.29, 0.717) is 11.1 Å². The molecule has 0 atom stereocenters. The van der Waals surface area contributed by atoms with E-state index >= 15 is 0 Å². The van der Waals surface area contributed by atoms with Crippen molar-refractivity contribution < 1.29 is 13.9 Å². The first-order valence-electron chi connectivity index (χ1n) is 5.87. The van der Waals surface area contributed by atoms with Crippen LogP contribution in [0, 0.1) is 5.82 Å². The highest BCUT2D eigenvalue weighted by Gasteiger charge is 2.20. The molecule has 1 aromatic carbocycles. The van der Waals surface area contributed by atoms with Crippen LogP contribution in [0.5, 0.6) is 5.75 Å². The highest BCUT2D eigenvalue weighted by atomic mass is 19.1. The molecule has 0 saturated carbocycles. The first-order valence-corrected chi connectivity index (χ1v) is 5.87. The van der Waals surface area contributed by atoms with Gasteiger partial charge < -0.3 is 4.74 Å². The van der Waals surface area contributed by atoms with Crippen LogP contribution in [0.1, 0.15) is 15.9 Å². The molecule has 0 aliphatic carbocycles. The van der Waals surface area contributed by atoms with E-state index in [1.165, 1.54) is 36.2 Å². The monoisotopic (exact) mass is 271 g/mol. The van der Waals surface area contributed by atoms with Gasteiger partial charge in [-0.3, -0.25) is 9.78 Å². The summed E-state index contributed by atoms with van der Waals surface area (Å²) in [6.07, 6.45) is 6.09. The van der Waals surface area contributed by atoms with Crippen LogP contribution < -0.4 is 4.74 Å². The van der Waals surface area contributed by atoms with Crippen molar-refractivity contribution in [3.63, 3.8) is 0 Å². The Labute approximate surface area is 113 Å². The second-order valence-corrected chi connectivity index (χ2v) is 4.12. The summed E-state index contributed by atoms with van der Waals surface area (Å²) < 4.78 is 20.5. The van der Waals surface area contributed by atoms with E-state index in [1.807, 2.05) is 0 Å². The third-order valence-corrected chi connectivity index (χ3v) is 3.00. The van der Waals surface area contributed by atoms with Crippen molar-refractivity contribution in [3.05, 3.63) is 59.9 Å². The van der Waals surface area contributed by atoms with Crippen LogP contribution in [0.3, 0.4) is 0 Å². The number of benzene rings is 1. The molecule has 3 rings (SSSR count). The summed E-state index contributed by atoms with van der Waals surface area (Å²) in [6, 6.07) is 4.45. The van der Waals surface area contributed by atoms with E-state index < -0.39 is 11.6 Å². The van der Waals surface area contributed by atoms with Crippen LogP contribution >= 0.6 is 0 Å². The zero-order chi connectivity index (χ0) is 14.1. The summed E-state index contributed by atoms with van der Waals surface area (Å²) >= 11 is 0. The molecule has 0 aliphatic heterocycles. The third kappa shape index (κ3) is 1.82. The van der Waals surface area contributed by atoms with Gasteiger partial charge in [0.1, 0.15) is 0 Å². The van der Waals surface area contributed by atoms with Crippen molar-refractivity contribution in [1.29, 1.82) is 0 Å². The average Bonchev–Trinajstić information content (AvgIpc) is 2.91. The van der Waals surface area contributed by atoms with E-state index in [9.17, 15) is 9.18 Å². The van der Waals surface area contributed by atoms with Crippen molar-refractivity contribution in [3.8, 4) is 5.75 Å². The molecule has 0 amide bonds. The van der Waals surface area contributed by atoms with Crippen molar-refractivity contribution in [2.45, 2.75) is 0 Å². The van der Waals surface area contributed by atoms with Gasteiger partial charge in [0.15, 0.2) is 17.3 Å². The molecular formula is C14H10FN3O2. The molecule has 0 spiro atoms. The first kappa shape index (κ1) is 12.3. The lowest BCUT2D eigenvalue weighted by Gasteiger charge is -2.05. The number of aromatic nitrogens is 3. The fourth-order valence-corrected chi connectivity index (χ4v) is 2.00. The van der Waals surface area contributed by atoms with Gasteiger partial charge in [-0.1, -0.05) is 6.07 Å². The van der Waals surface area contributed by atoms with Gasteiger partial charge in [-0.15, -0.1) is 0 Å². The molecule has 0 N–H and O–H groups in total. The Morgan fingerprint density at radius 3 is 2.95 bits per heavy atom. The number of ether oxygens (including phenoxy) is 1. The number of methoxy groups -OCH3 is 1. The number of nitrogens with zero attached hydrogens (tertiary/aromatic N) is 3. The van der Waals surface area contributed by atoms with E-state index in [1.54, 1.807) is 18.5 Å². The summed E-state index contributed by atoms with van der Waals surface area (Å²) in [5, 5.41) is 4.04. The van der Waals surface area contributed by atoms with Crippen molar-refractivity contribution in [2.24, 2.45) is 0 Å². The zero-order valence-corrected chi connectivity index (χ0v) is 10.6. The largest absolute Gasteiger partial charge is 0.494 e. The maximum Gasteiger partial charge on any atom is 0.199 e. The highest BCUT2D eigenvalue weighted by molar-refractivity contribution is 6.13. The number of carbonyl (C=O) groups excluding carboxylic acids is 1. The van der Waals surface area contributed by atoms with Crippen molar-refractivity contribution in [2.75, 3.05) is 7.11 Å². The fraction of sp³-hybridized carbons (Fsp3) is 0.0714. The lowest BCUT2D eigenvalue weighted by Crippen LogP contribution is -2.05. The number of rotatable bonds is 3. The molecule has 0 radical (unpaired) electrons. The lowest BCUT2D eigenvalue weighted by atomic mass is 10.0. The standard InChI is InChI=1S/C14H10FN3O2/c1-20-12-4-2-3-9(13(12)15)14(19)10-7-17-18-6-5-16-8-11(10)18/h2-8H,1H3. The number of fused-ring (bicyclic) bond motifs is 1. The van der Waals surface area contributed by atoms with E-state index in [-0.39, 0.29) is 11.3 Å². The smallest absolute Gasteiger partial charge is 0.199 e. The molecule has 2 aromatic heterocycles. The number of hydrogen-bond acceptors (Lipinski definition) is 4. The van der Waals surface area contributed by atoms with E-state index in [2.05, 4.69) is 10.1 Å². The molecule has 0 bridgehead atoms. The number of ketones is 1. The number of carbonyl (C=O) groups is 1.